The lowest BCUT2D eigenvalue weighted by Crippen LogP contribution is -2.18. The van der Waals surface area contributed by atoms with Crippen LogP contribution in [0, 0.1) is 0 Å². The average molecular weight is 207 g/mol. The normalized spacial score (nSPS) is 9.67. The fraction of sp³-hybridized carbons (Fsp3) is 0.273. The minimum absolute atomic E-state index is 0.00785. The molecule has 0 bridgehead atoms. The first-order valence-electron chi connectivity index (χ1n) is 4.62. The Labute approximate surface area is 87.9 Å². The van der Waals surface area contributed by atoms with Crippen LogP contribution in [-0.2, 0) is 22.6 Å². The molecule has 0 aliphatic rings. The van der Waals surface area contributed by atoms with Gasteiger partial charge in [0.25, 0.3) is 0 Å². The van der Waals surface area contributed by atoms with Gasteiger partial charge in [-0.2, -0.15) is 0 Å². The molecule has 0 aromatic heterocycles. The van der Waals surface area contributed by atoms with Crippen LogP contribution in [0.2, 0.25) is 0 Å². The quantitative estimate of drug-likeness (QED) is 0.772. The highest BCUT2D eigenvalue weighted by Crippen LogP contribution is 2.05. The zero-order chi connectivity index (χ0) is 11.3. The van der Waals surface area contributed by atoms with Crippen molar-refractivity contribution in [2.24, 2.45) is 0 Å². The zero-order valence-corrected chi connectivity index (χ0v) is 8.49. The molecule has 0 atom stereocenters. The van der Waals surface area contributed by atoms with E-state index in [9.17, 15) is 9.59 Å². The fourth-order valence-corrected chi connectivity index (χ4v) is 1.25. The molecule has 0 saturated carbocycles. The molecule has 1 aromatic carbocycles. The maximum absolute atomic E-state index is 10.7. The van der Waals surface area contributed by atoms with Gasteiger partial charge in [-0.3, -0.25) is 9.59 Å². The number of hydrogen-bond acceptors (Lipinski definition) is 2. The summed E-state index contributed by atoms with van der Waals surface area (Å²) < 4.78 is 0. The van der Waals surface area contributed by atoms with E-state index in [1.54, 1.807) is 18.2 Å². The summed E-state index contributed by atoms with van der Waals surface area (Å²) in [5, 5.41) is 11.3. The Morgan fingerprint density at radius 1 is 1.33 bits per heavy atom. The molecule has 0 fully saturated rings. The van der Waals surface area contributed by atoms with Gasteiger partial charge in [-0.1, -0.05) is 24.3 Å². The van der Waals surface area contributed by atoms with Crippen molar-refractivity contribution in [2.75, 3.05) is 0 Å². The molecule has 0 aliphatic carbocycles. The van der Waals surface area contributed by atoms with Crippen LogP contribution >= 0.6 is 0 Å². The van der Waals surface area contributed by atoms with Gasteiger partial charge in [0.1, 0.15) is 0 Å². The number of carbonyl (C=O) groups excluding carboxylic acids is 1. The first kappa shape index (κ1) is 11.2. The molecule has 0 heterocycles. The van der Waals surface area contributed by atoms with Gasteiger partial charge in [0.15, 0.2) is 0 Å². The number of amides is 1. The lowest BCUT2D eigenvalue weighted by molar-refractivity contribution is -0.136. The second-order valence-corrected chi connectivity index (χ2v) is 3.30. The standard InChI is InChI=1S/C11H13NO3/c1-8(13)12-7-10-4-2-3-9(5-10)6-11(14)15/h2-5H,6-7H2,1H3,(H,12,13)(H,14,15). The highest BCUT2D eigenvalue weighted by Gasteiger charge is 2.01. The molecule has 0 saturated heterocycles. The lowest BCUT2D eigenvalue weighted by atomic mass is 10.1. The Balaban J connectivity index is 2.65. The van der Waals surface area contributed by atoms with Crippen molar-refractivity contribution in [3.05, 3.63) is 35.4 Å². The third-order valence-electron chi connectivity index (χ3n) is 1.89. The summed E-state index contributed by atoms with van der Waals surface area (Å²) in [4.78, 5) is 21.2. The van der Waals surface area contributed by atoms with Gasteiger partial charge < -0.3 is 10.4 Å². The molecule has 4 heteroatoms. The molecule has 0 spiro atoms. The predicted octanol–water partition coefficient (Wildman–Crippen LogP) is 0.950. The molecule has 1 aromatic rings. The molecular weight excluding hydrogens is 194 g/mol. The summed E-state index contributed by atoms with van der Waals surface area (Å²) in [6.07, 6.45) is 0.00785. The molecule has 0 aliphatic heterocycles. The molecule has 2 N–H and O–H groups in total. The van der Waals surface area contributed by atoms with Gasteiger partial charge in [0.05, 0.1) is 6.42 Å². The average Bonchev–Trinajstić information content (AvgIpc) is 2.14. The van der Waals surface area contributed by atoms with E-state index in [1.807, 2.05) is 6.07 Å². The number of aliphatic carboxylic acids is 1. The molecule has 15 heavy (non-hydrogen) atoms. The van der Waals surface area contributed by atoms with Crippen LogP contribution in [0.1, 0.15) is 18.1 Å². The number of rotatable bonds is 4. The van der Waals surface area contributed by atoms with Crippen LogP contribution in [0.4, 0.5) is 0 Å². The van der Waals surface area contributed by atoms with Crippen LogP contribution in [0.25, 0.3) is 0 Å². The summed E-state index contributed by atoms with van der Waals surface area (Å²) in [6.45, 7) is 1.88. The zero-order valence-electron chi connectivity index (χ0n) is 8.49. The first-order chi connectivity index (χ1) is 7.08. The summed E-state index contributed by atoms with van der Waals surface area (Å²) in [5.41, 5.74) is 1.65. The van der Waals surface area contributed by atoms with E-state index in [0.717, 1.165) is 11.1 Å². The van der Waals surface area contributed by atoms with E-state index in [4.69, 9.17) is 5.11 Å². The Kier molecular flexibility index (Phi) is 3.85. The van der Waals surface area contributed by atoms with E-state index >= 15 is 0 Å². The Hall–Kier alpha value is -1.84. The van der Waals surface area contributed by atoms with Gasteiger partial charge in [0, 0.05) is 13.5 Å². The van der Waals surface area contributed by atoms with Gasteiger partial charge in [-0.15, -0.1) is 0 Å². The number of carboxylic acid groups (broad SMARTS) is 1. The van der Waals surface area contributed by atoms with E-state index < -0.39 is 5.97 Å². The maximum atomic E-state index is 10.7. The topological polar surface area (TPSA) is 66.4 Å². The predicted molar refractivity (Wildman–Crippen MR) is 55.3 cm³/mol. The van der Waals surface area contributed by atoms with Crippen LogP contribution in [-0.4, -0.2) is 17.0 Å². The van der Waals surface area contributed by atoms with Gasteiger partial charge in [-0.25, -0.2) is 0 Å². The van der Waals surface area contributed by atoms with Gasteiger partial charge in [-0.05, 0) is 11.1 Å². The number of hydrogen-bond donors (Lipinski definition) is 2. The third kappa shape index (κ3) is 4.26. The SMILES string of the molecule is CC(=O)NCc1cccc(CC(=O)O)c1. The number of nitrogens with one attached hydrogen (secondary N) is 1. The second-order valence-electron chi connectivity index (χ2n) is 3.30. The lowest BCUT2D eigenvalue weighted by Gasteiger charge is -2.04. The number of benzene rings is 1. The van der Waals surface area contributed by atoms with Crippen LogP contribution in [0.15, 0.2) is 24.3 Å². The summed E-state index contributed by atoms with van der Waals surface area (Å²) >= 11 is 0. The minimum atomic E-state index is -0.855. The maximum Gasteiger partial charge on any atom is 0.307 e. The second kappa shape index (κ2) is 5.14. The molecule has 1 amide bonds. The summed E-state index contributed by atoms with van der Waals surface area (Å²) in [6, 6.07) is 7.17. The van der Waals surface area contributed by atoms with Gasteiger partial charge in [0.2, 0.25) is 5.91 Å². The Bertz CT molecular complexity index is 374. The van der Waals surface area contributed by atoms with Crippen LogP contribution in [0.3, 0.4) is 0 Å². The molecule has 0 radical (unpaired) electrons. The van der Waals surface area contributed by atoms with E-state index in [2.05, 4.69) is 5.32 Å². The van der Waals surface area contributed by atoms with Crippen LogP contribution < -0.4 is 5.32 Å². The molecule has 4 nitrogen and oxygen atoms in total. The highest BCUT2D eigenvalue weighted by molar-refractivity contribution is 5.73. The van der Waals surface area contributed by atoms with Crippen molar-refractivity contribution in [3.63, 3.8) is 0 Å². The largest absolute Gasteiger partial charge is 0.481 e. The minimum Gasteiger partial charge on any atom is -0.481 e. The van der Waals surface area contributed by atoms with Gasteiger partial charge >= 0.3 is 5.97 Å². The first-order valence-corrected chi connectivity index (χ1v) is 4.62. The van der Waals surface area contributed by atoms with Crippen molar-refractivity contribution in [1.82, 2.24) is 5.32 Å². The molecule has 0 unspecified atom stereocenters. The van der Waals surface area contributed by atoms with Crippen molar-refractivity contribution < 1.29 is 14.7 Å². The summed E-state index contributed by atoms with van der Waals surface area (Å²) in [7, 11) is 0. The number of carboxylic acids is 1. The highest BCUT2D eigenvalue weighted by atomic mass is 16.4. The summed E-state index contributed by atoms with van der Waals surface area (Å²) in [5.74, 6) is -0.953. The smallest absolute Gasteiger partial charge is 0.307 e. The van der Waals surface area contributed by atoms with Crippen molar-refractivity contribution in [3.8, 4) is 0 Å². The molecule has 1 rings (SSSR count). The fourth-order valence-electron chi connectivity index (χ4n) is 1.25. The van der Waals surface area contributed by atoms with E-state index in [0.29, 0.717) is 6.54 Å². The van der Waals surface area contributed by atoms with Crippen molar-refractivity contribution in [1.29, 1.82) is 0 Å². The van der Waals surface area contributed by atoms with Crippen LogP contribution in [0.5, 0.6) is 0 Å². The monoisotopic (exact) mass is 207 g/mol. The van der Waals surface area contributed by atoms with Crippen molar-refractivity contribution >= 4 is 11.9 Å². The Morgan fingerprint density at radius 2 is 2.00 bits per heavy atom. The van der Waals surface area contributed by atoms with Crippen molar-refractivity contribution in [2.45, 2.75) is 19.9 Å². The van der Waals surface area contributed by atoms with E-state index in [-0.39, 0.29) is 12.3 Å². The number of carbonyl (C=O) groups is 2. The molecule has 80 valence electrons. The van der Waals surface area contributed by atoms with E-state index in [1.165, 1.54) is 6.92 Å². The molecular formula is C11H13NO3. The Morgan fingerprint density at radius 3 is 2.60 bits per heavy atom. The third-order valence-corrected chi connectivity index (χ3v) is 1.89.